The zero-order valence-corrected chi connectivity index (χ0v) is 10.9. The summed E-state index contributed by atoms with van der Waals surface area (Å²) >= 11 is 5.81. The molecule has 0 saturated carbocycles. The Morgan fingerprint density at radius 2 is 2.11 bits per heavy atom. The van der Waals surface area contributed by atoms with Gasteiger partial charge in [-0.2, -0.15) is 0 Å². The Bertz CT molecular complexity index is 431. The largest absolute Gasteiger partial charge is 0.506 e. The van der Waals surface area contributed by atoms with E-state index in [0.29, 0.717) is 23.7 Å². The van der Waals surface area contributed by atoms with Gasteiger partial charge in [-0.3, -0.25) is 4.79 Å². The van der Waals surface area contributed by atoms with Crippen LogP contribution in [0.3, 0.4) is 0 Å². The summed E-state index contributed by atoms with van der Waals surface area (Å²) in [7, 11) is 0. The molecule has 98 valence electrons. The van der Waals surface area contributed by atoms with E-state index in [4.69, 9.17) is 11.6 Å². The second kappa shape index (κ2) is 6.07. The predicted molar refractivity (Wildman–Crippen MR) is 70.6 cm³/mol. The zero-order chi connectivity index (χ0) is 13.0. The van der Waals surface area contributed by atoms with Crippen molar-refractivity contribution in [1.82, 2.24) is 10.2 Å². The number of likely N-dealkylation sites (tertiary alicyclic amines) is 1. The van der Waals surface area contributed by atoms with Crippen LogP contribution in [-0.4, -0.2) is 35.5 Å². The van der Waals surface area contributed by atoms with Gasteiger partial charge in [0, 0.05) is 25.2 Å². The minimum atomic E-state index is 0.0836. The molecular formula is C13H17ClN2O2. The van der Waals surface area contributed by atoms with Crippen molar-refractivity contribution < 1.29 is 9.90 Å². The van der Waals surface area contributed by atoms with Gasteiger partial charge in [-0.1, -0.05) is 23.7 Å². The summed E-state index contributed by atoms with van der Waals surface area (Å²) in [5.74, 6) is 0.203. The molecule has 18 heavy (non-hydrogen) atoms. The van der Waals surface area contributed by atoms with Gasteiger partial charge < -0.3 is 15.3 Å². The molecule has 2 N–H and O–H groups in total. The molecule has 4 nitrogen and oxygen atoms in total. The molecule has 0 spiro atoms. The van der Waals surface area contributed by atoms with Gasteiger partial charge in [-0.15, -0.1) is 0 Å². The molecule has 0 radical (unpaired) electrons. The Labute approximate surface area is 112 Å². The van der Waals surface area contributed by atoms with Crippen molar-refractivity contribution >= 4 is 17.5 Å². The van der Waals surface area contributed by atoms with Crippen molar-refractivity contribution in [3.05, 3.63) is 28.8 Å². The van der Waals surface area contributed by atoms with E-state index in [-0.39, 0.29) is 11.7 Å². The summed E-state index contributed by atoms with van der Waals surface area (Å²) in [4.78, 5) is 13.6. The number of nitrogens with one attached hydrogen (secondary N) is 1. The number of hydrogen-bond acceptors (Lipinski definition) is 3. The van der Waals surface area contributed by atoms with E-state index < -0.39 is 0 Å². The maximum Gasteiger partial charge on any atom is 0.236 e. The normalized spacial score (nSPS) is 15.1. The third-order valence-corrected chi connectivity index (χ3v) is 3.43. The predicted octanol–water partition coefficient (Wildman–Crippen LogP) is 1.76. The number of amides is 1. The third-order valence-electron chi connectivity index (χ3n) is 3.12. The summed E-state index contributed by atoms with van der Waals surface area (Å²) in [6.07, 6.45) is 2.20. The monoisotopic (exact) mass is 268 g/mol. The third kappa shape index (κ3) is 3.15. The van der Waals surface area contributed by atoms with Crippen molar-refractivity contribution in [1.29, 1.82) is 0 Å². The van der Waals surface area contributed by atoms with Crippen LogP contribution in [0.1, 0.15) is 18.4 Å². The fourth-order valence-corrected chi connectivity index (χ4v) is 2.28. The van der Waals surface area contributed by atoms with Crippen molar-refractivity contribution in [2.45, 2.75) is 19.4 Å². The molecule has 1 fully saturated rings. The second-order valence-electron chi connectivity index (χ2n) is 4.44. The Morgan fingerprint density at radius 3 is 2.83 bits per heavy atom. The van der Waals surface area contributed by atoms with Crippen LogP contribution in [0, 0.1) is 0 Å². The quantitative estimate of drug-likeness (QED) is 0.875. The highest BCUT2D eigenvalue weighted by Gasteiger charge is 2.17. The average Bonchev–Trinajstić information content (AvgIpc) is 2.88. The lowest BCUT2D eigenvalue weighted by Crippen LogP contribution is -2.35. The molecule has 1 heterocycles. The smallest absolute Gasteiger partial charge is 0.236 e. The first-order chi connectivity index (χ1) is 8.68. The SMILES string of the molecule is O=C(CNCc1cccc(Cl)c1O)N1CCCC1. The molecule has 1 amide bonds. The number of nitrogens with zero attached hydrogens (tertiary/aromatic N) is 1. The maximum atomic E-state index is 11.8. The number of para-hydroxylation sites is 1. The van der Waals surface area contributed by atoms with E-state index in [1.165, 1.54) is 0 Å². The van der Waals surface area contributed by atoms with Crippen LogP contribution < -0.4 is 5.32 Å². The van der Waals surface area contributed by atoms with Crippen LogP contribution in [0.2, 0.25) is 5.02 Å². The van der Waals surface area contributed by atoms with Crippen molar-refractivity contribution in [2.24, 2.45) is 0 Å². The number of carbonyl (C=O) groups excluding carboxylic acids is 1. The first kappa shape index (κ1) is 13.2. The first-order valence-corrected chi connectivity index (χ1v) is 6.51. The summed E-state index contributed by atoms with van der Waals surface area (Å²) in [5.41, 5.74) is 0.705. The summed E-state index contributed by atoms with van der Waals surface area (Å²) in [5, 5.41) is 13.1. The molecule has 0 bridgehead atoms. The standard InChI is InChI=1S/C13H17ClN2O2/c14-11-5-3-4-10(13(11)18)8-15-9-12(17)16-6-1-2-7-16/h3-5,15,18H,1-2,6-9H2. The van der Waals surface area contributed by atoms with E-state index in [1.54, 1.807) is 18.2 Å². The van der Waals surface area contributed by atoms with E-state index in [2.05, 4.69) is 5.32 Å². The minimum absolute atomic E-state index is 0.0836. The zero-order valence-electron chi connectivity index (χ0n) is 10.2. The fraction of sp³-hybridized carbons (Fsp3) is 0.462. The maximum absolute atomic E-state index is 11.8. The van der Waals surface area contributed by atoms with Gasteiger partial charge in [0.15, 0.2) is 0 Å². The highest BCUT2D eigenvalue weighted by Crippen LogP contribution is 2.26. The van der Waals surface area contributed by atoms with E-state index >= 15 is 0 Å². The van der Waals surface area contributed by atoms with Gasteiger partial charge in [-0.05, 0) is 18.9 Å². The van der Waals surface area contributed by atoms with Crippen molar-refractivity contribution in [3.8, 4) is 5.75 Å². The average molecular weight is 269 g/mol. The first-order valence-electron chi connectivity index (χ1n) is 6.13. The van der Waals surface area contributed by atoms with E-state index in [0.717, 1.165) is 25.9 Å². The second-order valence-corrected chi connectivity index (χ2v) is 4.85. The molecule has 1 aliphatic heterocycles. The molecule has 0 aromatic heterocycles. The van der Waals surface area contributed by atoms with Crippen LogP contribution >= 0.6 is 11.6 Å². The molecule has 1 aromatic rings. The van der Waals surface area contributed by atoms with Gasteiger partial charge in [0.1, 0.15) is 5.75 Å². The number of rotatable bonds is 4. The number of halogens is 1. The van der Waals surface area contributed by atoms with Crippen LogP contribution in [0.15, 0.2) is 18.2 Å². The number of carbonyl (C=O) groups is 1. The molecule has 0 aliphatic carbocycles. The molecule has 1 aromatic carbocycles. The Balaban J connectivity index is 1.81. The lowest BCUT2D eigenvalue weighted by molar-refractivity contribution is -0.129. The number of hydrogen-bond donors (Lipinski definition) is 2. The number of benzene rings is 1. The number of phenolic OH excluding ortho intramolecular Hbond substituents is 1. The number of aromatic hydroxyl groups is 1. The van der Waals surface area contributed by atoms with Gasteiger partial charge in [-0.25, -0.2) is 0 Å². The summed E-state index contributed by atoms with van der Waals surface area (Å²) in [6, 6.07) is 5.20. The molecule has 1 aliphatic rings. The highest BCUT2D eigenvalue weighted by molar-refractivity contribution is 6.32. The van der Waals surface area contributed by atoms with E-state index in [1.807, 2.05) is 4.90 Å². The van der Waals surface area contributed by atoms with Crippen molar-refractivity contribution in [3.63, 3.8) is 0 Å². The minimum Gasteiger partial charge on any atom is -0.506 e. The molecule has 2 rings (SSSR count). The van der Waals surface area contributed by atoms with Gasteiger partial charge in [0.2, 0.25) is 5.91 Å². The Hall–Kier alpha value is -1.26. The lowest BCUT2D eigenvalue weighted by Gasteiger charge is -2.15. The summed E-state index contributed by atoms with van der Waals surface area (Å²) in [6.45, 7) is 2.46. The fourth-order valence-electron chi connectivity index (χ4n) is 2.09. The molecule has 5 heteroatoms. The van der Waals surface area contributed by atoms with Gasteiger partial charge >= 0.3 is 0 Å². The molecule has 1 saturated heterocycles. The lowest BCUT2D eigenvalue weighted by atomic mass is 10.2. The molecular weight excluding hydrogens is 252 g/mol. The van der Waals surface area contributed by atoms with Crippen LogP contribution in [0.25, 0.3) is 0 Å². The topological polar surface area (TPSA) is 52.6 Å². The summed E-state index contributed by atoms with van der Waals surface area (Å²) < 4.78 is 0. The van der Waals surface area contributed by atoms with Crippen LogP contribution in [0.5, 0.6) is 5.75 Å². The van der Waals surface area contributed by atoms with Gasteiger partial charge in [0.05, 0.1) is 11.6 Å². The Kier molecular flexibility index (Phi) is 4.44. The Morgan fingerprint density at radius 1 is 1.39 bits per heavy atom. The molecule has 0 atom stereocenters. The van der Waals surface area contributed by atoms with Crippen molar-refractivity contribution in [2.75, 3.05) is 19.6 Å². The van der Waals surface area contributed by atoms with E-state index in [9.17, 15) is 9.90 Å². The van der Waals surface area contributed by atoms with Crippen LogP contribution in [0.4, 0.5) is 0 Å². The van der Waals surface area contributed by atoms with Gasteiger partial charge in [0.25, 0.3) is 0 Å². The number of phenols is 1. The highest BCUT2D eigenvalue weighted by atomic mass is 35.5. The van der Waals surface area contributed by atoms with Crippen LogP contribution in [-0.2, 0) is 11.3 Å². The molecule has 0 unspecified atom stereocenters.